The largest absolute Gasteiger partial charge is 0.360 e. The molecule has 0 saturated carbocycles. The van der Waals surface area contributed by atoms with Gasteiger partial charge in [0.15, 0.2) is 5.82 Å². The summed E-state index contributed by atoms with van der Waals surface area (Å²) in [5.41, 5.74) is -0.933. The molecule has 4 amide bonds. The molecule has 0 aromatic carbocycles. The lowest BCUT2D eigenvalue weighted by molar-refractivity contribution is -0.133. The number of urea groups is 1. The van der Waals surface area contributed by atoms with E-state index in [9.17, 15) is 14.4 Å². The Bertz CT molecular complexity index is 597. The Hall–Kier alpha value is -2.38. The Morgan fingerprint density at radius 1 is 1.50 bits per heavy atom. The van der Waals surface area contributed by atoms with Gasteiger partial charge in [-0.3, -0.25) is 14.5 Å². The van der Waals surface area contributed by atoms with E-state index >= 15 is 0 Å². The summed E-state index contributed by atoms with van der Waals surface area (Å²) < 4.78 is 4.83. The Morgan fingerprint density at radius 2 is 2.23 bits per heavy atom. The summed E-state index contributed by atoms with van der Waals surface area (Å²) in [7, 11) is 0. The first-order valence-corrected chi connectivity index (χ1v) is 7.23. The van der Waals surface area contributed by atoms with E-state index < -0.39 is 17.5 Å². The van der Waals surface area contributed by atoms with Gasteiger partial charge in [0.1, 0.15) is 17.8 Å². The van der Waals surface area contributed by atoms with Gasteiger partial charge in [0.25, 0.3) is 5.91 Å². The highest BCUT2D eigenvalue weighted by molar-refractivity contribution is 6.09. The summed E-state index contributed by atoms with van der Waals surface area (Å²) in [5, 5.41) is 8.77. The Kier molecular flexibility index (Phi) is 4.48. The predicted molar refractivity (Wildman–Crippen MR) is 78.0 cm³/mol. The van der Waals surface area contributed by atoms with Gasteiger partial charge in [0.05, 0.1) is 0 Å². The third kappa shape index (κ3) is 3.26. The summed E-state index contributed by atoms with van der Waals surface area (Å²) in [5.74, 6) is -0.0743. The van der Waals surface area contributed by atoms with Gasteiger partial charge in [-0.1, -0.05) is 24.9 Å². The Morgan fingerprint density at radius 3 is 2.82 bits per heavy atom. The zero-order chi connectivity index (χ0) is 16.3. The number of hydrogen-bond donors (Lipinski definition) is 2. The van der Waals surface area contributed by atoms with E-state index in [1.165, 1.54) is 0 Å². The number of unbranched alkanes of at least 4 members (excludes halogenated alkanes) is 1. The number of hydrogen-bond acceptors (Lipinski definition) is 5. The van der Waals surface area contributed by atoms with Crippen LogP contribution in [0.5, 0.6) is 0 Å². The zero-order valence-corrected chi connectivity index (χ0v) is 12.9. The van der Waals surface area contributed by atoms with Crippen LogP contribution in [-0.4, -0.2) is 40.0 Å². The molecule has 1 unspecified atom stereocenters. The average molecular weight is 308 g/mol. The summed E-state index contributed by atoms with van der Waals surface area (Å²) >= 11 is 0. The van der Waals surface area contributed by atoms with Gasteiger partial charge >= 0.3 is 6.03 Å². The van der Waals surface area contributed by atoms with Gasteiger partial charge < -0.3 is 15.2 Å². The average Bonchev–Trinajstić information content (AvgIpc) is 2.94. The van der Waals surface area contributed by atoms with Crippen LogP contribution in [0.1, 0.15) is 38.9 Å². The second-order valence-corrected chi connectivity index (χ2v) is 5.63. The van der Waals surface area contributed by atoms with Gasteiger partial charge in [-0.25, -0.2) is 4.79 Å². The zero-order valence-electron chi connectivity index (χ0n) is 12.9. The van der Waals surface area contributed by atoms with Crippen LogP contribution in [0, 0.1) is 6.92 Å². The smallest absolute Gasteiger partial charge is 0.325 e. The molecule has 1 aromatic rings. The van der Waals surface area contributed by atoms with E-state index in [2.05, 4.69) is 15.8 Å². The van der Waals surface area contributed by atoms with Gasteiger partial charge in [0.2, 0.25) is 5.91 Å². The van der Waals surface area contributed by atoms with E-state index in [0.717, 1.165) is 17.7 Å². The lowest BCUT2D eigenvalue weighted by Gasteiger charge is -2.21. The lowest BCUT2D eigenvalue weighted by Crippen LogP contribution is -2.44. The number of aryl methyl sites for hydroxylation is 1. The molecule has 2 N–H and O–H groups in total. The summed E-state index contributed by atoms with van der Waals surface area (Å²) in [6, 6.07) is 1.00. The fourth-order valence-electron chi connectivity index (χ4n) is 2.34. The number of carbonyl (C=O) groups is 3. The van der Waals surface area contributed by atoms with Crippen LogP contribution in [0.2, 0.25) is 0 Å². The van der Waals surface area contributed by atoms with Crippen molar-refractivity contribution in [3.05, 3.63) is 11.8 Å². The first-order valence-electron chi connectivity index (χ1n) is 7.23. The minimum absolute atomic E-state index is 0.253. The van der Waals surface area contributed by atoms with Crippen LogP contribution in [0.25, 0.3) is 0 Å². The fraction of sp³-hybridized carbons (Fsp3) is 0.571. The van der Waals surface area contributed by atoms with Crippen molar-refractivity contribution >= 4 is 23.7 Å². The van der Waals surface area contributed by atoms with Crippen LogP contribution in [0.4, 0.5) is 10.6 Å². The number of anilines is 1. The van der Waals surface area contributed by atoms with Crippen LogP contribution in [0.15, 0.2) is 10.6 Å². The lowest BCUT2D eigenvalue weighted by atomic mass is 9.95. The molecule has 8 nitrogen and oxygen atoms in total. The molecular weight excluding hydrogens is 288 g/mol. The quantitative estimate of drug-likeness (QED) is 0.773. The summed E-state index contributed by atoms with van der Waals surface area (Å²) in [6.45, 7) is 5.04. The number of aromatic nitrogens is 1. The van der Waals surface area contributed by atoms with Crippen molar-refractivity contribution in [3.8, 4) is 0 Å². The third-order valence-corrected chi connectivity index (χ3v) is 3.57. The van der Waals surface area contributed by atoms with Crippen LogP contribution >= 0.6 is 0 Å². The van der Waals surface area contributed by atoms with Gasteiger partial charge in [-0.2, -0.15) is 0 Å². The van der Waals surface area contributed by atoms with Gasteiger partial charge in [-0.15, -0.1) is 0 Å². The van der Waals surface area contributed by atoms with Crippen LogP contribution in [0.3, 0.4) is 0 Å². The van der Waals surface area contributed by atoms with Crippen molar-refractivity contribution in [1.82, 2.24) is 15.4 Å². The maximum Gasteiger partial charge on any atom is 0.325 e. The molecule has 0 spiro atoms. The first kappa shape index (κ1) is 16.0. The molecule has 0 bridgehead atoms. The number of amides is 4. The highest BCUT2D eigenvalue weighted by Crippen LogP contribution is 2.23. The molecule has 2 rings (SSSR count). The molecule has 2 heterocycles. The molecule has 1 aliphatic heterocycles. The molecule has 1 fully saturated rings. The monoisotopic (exact) mass is 308 g/mol. The molecule has 120 valence electrons. The van der Waals surface area contributed by atoms with E-state index in [0.29, 0.717) is 12.2 Å². The van der Waals surface area contributed by atoms with E-state index in [-0.39, 0.29) is 18.3 Å². The standard InChI is InChI=1S/C14H20N4O4/c1-4-5-6-14(3)12(20)18(13(21)16-14)8-11(19)15-10-7-9(2)22-17-10/h7H,4-6,8H2,1-3H3,(H,16,21)(H,15,17,19). The van der Waals surface area contributed by atoms with Crippen molar-refractivity contribution in [3.63, 3.8) is 0 Å². The van der Waals surface area contributed by atoms with Crippen LogP contribution in [-0.2, 0) is 9.59 Å². The van der Waals surface area contributed by atoms with Crippen molar-refractivity contribution < 1.29 is 18.9 Å². The summed E-state index contributed by atoms with van der Waals surface area (Å²) in [4.78, 5) is 37.2. The number of nitrogens with one attached hydrogen (secondary N) is 2. The van der Waals surface area contributed by atoms with Crippen molar-refractivity contribution in [2.24, 2.45) is 0 Å². The molecule has 1 aliphatic rings. The van der Waals surface area contributed by atoms with Gasteiger partial charge in [0, 0.05) is 6.07 Å². The molecule has 1 saturated heterocycles. The third-order valence-electron chi connectivity index (χ3n) is 3.57. The molecule has 22 heavy (non-hydrogen) atoms. The summed E-state index contributed by atoms with van der Waals surface area (Å²) in [6.07, 6.45) is 2.29. The Balaban J connectivity index is 1.98. The fourth-order valence-corrected chi connectivity index (χ4v) is 2.34. The molecule has 1 aromatic heterocycles. The predicted octanol–water partition coefficient (Wildman–Crippen LogP) is 1.42. The minimum atomic E-state index is -0.933. The minimum Gasteiger partial charge on any atom is -0.360 e. The number of imide groups is 1. The molecular formula is C14H20N4O4. The van der Waals surface area contributed by atoms with Crippen molar-refractivity contribution in [2.45, 2.75) is 45.6 Å². The van der Waals surface area contributed by atoms with E-state index in [4.69, 9.17) is 4.52 Å². The maximum absolute atomic E-state index is 12.4. The number of nitrogens with zero attached hydrogens (tertiary/aromatic N) is 2. The first-order chi connectivity index (χ1) is 10.4. The topological polar surface area (TPSA) is 105 Å². The van der Waals surface area contributed by atoms with Gasteiger partial charge in [-0.05, 0) is 20.3 Å². The van der Waals surface area contributed by atoms with Crippen molar-refractivity contribution in [2.75, 3.05) is 11.9 Å². The van der Waals surface area contributed by atoms with E-state index in [1.54, 1.807) is 19.9 Å². The number of rotatable bonds is 6. The molecule has 1 atom stereocenters. The molecule has 0 radical (unpaired) electrons. The van der Waals surface area contributed by atoms with Crippen molar-refractivity contribution in [1.29, 1.82) is 0 Å². The molecule has 0 aliphatic carbocycles. The highest BCUT2D eigenvalue weighted by atomic mass is 16.5. The normalized spacial score (nSPS) is 21.1. The molecule has 8 heteroatoms. The Labute approximate surface area is 128 Å². The second-order valence-electron chi connectivity index (χ2n) is 5.63. The van der Waals surface area contributed by atoms with E-state index in [1.807, 2.05) is 6.92 Å². The maximum atomic E-state index is 12.4. The highest BCUT2D eigenvalue weighted by Gasteiger charge is 2.47. The SMILES string of the molecule is CCCCC1(C)NC(=O)N(CC(=O)Nc2cc(C)on2)C1=O. The van der Waals surface area contributed by atoms with Crippen LogP contribution < -0.4 is 10.6 Å². The second kappa shape index (κ2) is 6.17. The number of carbonyl (C=O) groups excluding carboxylic acids is 3.